The third kappa shape index (κ3) is 3.61. The minimum absolute atomic E-state index is 0.0633. The van der Waals surface area contributed by atoms with E-state index < -0.39 is 0 Å². The maximum Gasteiger partial charge on any atom is 0.228 e. The van der Waals surface area contributed by atoms with E-state index in [1.54, 1.807) is 0 Å². The summed E-state index contributed by atoms with van der Waals surface area (Å²) in [5, 5.41) is 0. The number of fused-ring (bicyclic) bond motifs is 1. The highest BCUT2D eigenvalue weighted by atomic mass is 16.2. The molecule has 0 atom stereocenters. The van der Waals surface area contributed by atoms with Crippen molar-refractivity contribution >= 4 is 17.5 Å². The summed E-state index contributed by atoms with van der Waals surface area (Å²) in [6.07, 6.45) is 1.50. The number of nitrogens with zero attached hydrogens (tertiary/aromatic N) is 3. The normalized spacial score (nSPS) is 18.1. The van der Waals surface area contributed by atoms with Crippen molar-refractivity contribution in [1.29, 1.82) is 0 Å². The molecule has 24 heavy (non-hydrogen) atoms. The predicted octanol–water partition coefficient (Wildman–Crippen LogP) is 1.77. The molecule has 0 N–H and O–H groups in total. The Bertz CT molecular complexity index is 606. The van der Waals surface area contributed by atoms with Crippen LogP contribution in [-0.4, -0.2) is 60.9 Å². The van der Waals surface area contributed by atoms with Gasteiger partial charge >= 0.3 is 0 Å². The highest BCUT2D eigenvalue weighted by molar-refractivity contribution is 5.95. The molecule has 2 aliphatic rings. The van der Waals surface area contributed by atoms with Gasteiger partial charge in [0.2, 0.25) is 11.8 Å². The van der Waals surface area contributed by atoms with Gasteiger partial charge in [0.05, 0.1) is 0 Å². The molecule has 1 saturated heterocycles. The van der Waals surface area contributed by atoms with Crippen LogP contribution < -0.4 is 4.90 Å². The van der Waals surface area contributed by atoms with Gasteiger partial charge in [-0.2, -0.15) is 0 Å². The van der Waals surface area contributed by atoms with E-state index in [9.17, 15) is 9.59 Å². The van der Waals surface area contributed by atoms with E-state index in [0.717, 1.165) is 51.4 Å². The minimum atomic E-state index is 0.0633. The van der Waals surface area contributed by atoms with Crippen molar-refractivity contribution in [2.45, 2.75) is 26.7 Å². The smallest absolute Gasteiger partial charge is 0.228 e. The minimum Gasteiger partial charge on any atom is -0.340 e. The van der Waals surface area contributed by atoms with Gasteiger partial charge in [0.25, 0.3) is 0 Å². The fourth-order valence-corrected chi connectivity index (χ4v) is 3.54. The van der Waals surface area contributed by atoms with Gasteiger partial charge in [-0.3, -0.25) is 14.5 Å². The molecule has 1 aromatic carbocycles. The fraction of sp³-hybridized carbons (Fsp3) is 0.579. The average Bonchev–Trinajstić information content (AvgIpc) is 3.03. The molecule has 2 amide bonds. The molecular weight excluding hydrogens is 302 g/mol. The SMILES string of the molecule is CC(C)C(=O)N1CCN(CCC(=O)N2CCc3ccccc32)CC1. The van der Waals surface area contributed by atoms with Gasteiger partial charge in [-0.15, -0.1) is 0 Å². The van der Waals surface area contributed by atoms with Crippen molar-refractivity contribution in [3.63, 3.8) is 0 Å². The number of para-hydroxylation sites is 1. The zero-order valence-corrected chi connectivity index (χ0v) is 14.7. The maximum absolute atomic E-state index is 12.5. The van der Waals surface area contributed by atoms with Gasteiger partial charge in [0, 0.05) is 57.3 Å². The molecule has 2 aliphatic heterocycles. The first kappa shape index (κ1) is 17.0. The third-order valence-electron chi connectivity index (χ3n) is 5.01. The van der Waals surface area contributed by atoms with Crippen molar-refractivity contribution in [2.24, 2.45) is 5.92 Å². The Morgan fingerprint density at radius 2 is 1.75 bits per heavy atom. The summed E-state index contributed by atoms with van der Waals surface area (Å²) in [6.45, 7) is 8.75. The van der Waals surface area contributed by atoms with Crippen LogP contribution in [0, 0.1) is 5.92 Å². The molecule has 5 nitrogen and oxygen atoms in total. The second kappa shape index (κ2) is 7.34. The van der Waals surface area contributed by atoms with Gasteiger partial charge in [0.15, 0.2) is 0 Å². The first-order valence-electron chi connectivity index (χ1n) is 8.95. The van der Waals surface area contributed by atoms with E-state index in [0.29, 0.717) is 6.42 Å². The molecule has 0 spiro atoms. The highest BCUT2D eigenvalue weighted by Crippen LogP contribution is 2.27. The molecule has 2 heterocycles. The second-order valence-corrected chi connectivity index (χ2v) is 7.00. The number of rotatable bonds is 4. The number of amides is 2. The molecule has 1 fully saturated rings. The third-order valence-corrected chi connectivity index (χ3v) is 5.01. The lowest BCUT2D eigenvalue weighted by Gasteiger charge is -2.35. The van der Waals surface area contributed by atoms with Crippen LogP contribution >= 0.6 is 0 Å². The van der Waals surface area contributed by atoms with Gasteiger partial charge in [-0.1, -0.05) is 32.0 Å². The molecule has 0 aromatic heterocycles. The molecule has 130 valence electrons. The Labute approximate surface area is 144 Å². The standard InChI is InChI=1S/C19H27N3O2/c1-15(2)19(24)21-13-11-20(12-14-21)9-8-18(23)22-10-7-16-5-3-4-6-17(16)22/h3-6,15H,7-14H2,1-2H3. The Morgan fingerprint density at radius 1 is 1.04 bits per heavy atom. The van der Waals surface area contributed by atoms with Crippen LogP contribution in [0.4, 0.5) is 5.69 Å². The summed E-state index contributed by atoms with van der Waals surface area (Å²) in [6, 6.07) is 8.17. The summed E-state index contributed by atoms with van der Waals surface area (Å²) < 4.78 is 0. The largest absolute Gasteiger partial charge is 0.340 e. The quantitative estimate of drug-likeness (QED) is 0.845. The van der Waals surface area contributed by atoms with E-state index in [2.05, 4.69) is 11.0 Å². The molecular formula is C19H27N3O2. The average molecular weight is 329 g/mol. The molecule has 0 unspecified atom stereocenters. The fourth-order valence-electron chi connectivity index (χ4n) is 3.54. The summed E-state index contributed by atoms with van der Waals surface area (Å²) in [5.74, 6) is 0.508. The zero-order valence-electron chi connectivity index (χ0n) is 14.7. The van der Waals surface area contributed by atoms with E-state index in [1.807, 2.05) is 41.8 Å². The van der Waals surface area contributed by atoms with Crippen LogP contribution in [-0.2, 0) is 16.0 Å². The van der Waals surface area contributed by atoms with Gasteiger partial charge < -0.3 is 9.80 Å². The number of benzene rings is 1. The lowest BCUT2D eigenvalue weighted by Crippen LogP contribution is -2.50. The van der Waals surface area contributed by atoms with Crippen LogP contribution in [0.15, 0.2) is 24.3 Å². The maximum atomic E-state index is 12.5. The number of hydrogen-bond acceptors (Lipinski definition) is 3. The summed E-state index contributed by atoms with van der Waals surface area (Å²) >= 11 is 0. The van der Waals surface area contributed by atoms with Crippen LogP contribution in [0.25, 0.3) is 0 Å². The van der Waals surface area contributed by atoms with Crippen LogP contribution in [0.5, 0.6) is 0 Å². The highest BCUT2D eigenvalue weighted by Gasteiger charge is 2.26. The lowest BCUT2D eigenvalue weighted by atomic mass is 10.1. The summed E-state index contributed by atoms with van der Waals surface area (Å²) in [4.78, 5) is 30.7. The van der Waals surface area contributed by atoms with Gasteiger partial charge in [0.1, 0.15) is 0 Å². The Morgan fingerprint density at radius 3 is 2.46 bits per heavy atom. The van der Waals surface area contributed by atoms with Gasteiger partial charge in [-0.05, 0) is 18.1 Å². The Balaban J connectivity index is 1.46. The monoisotopic (exact) mass is 329 g/mol. The molecule has 1 aromatic rings. The molecule has 0 saturated carbocycles. The number of anilines is 1. The van der Waals surface area contributed by atoms with Gasteiger partial charge in [-0.25, -0.2) is 0 Å². The number of piperazine rings is 1. The van der Waals surface area contributed by atoms with Crippen LogP contribution in [0.1, 0.15) is 25.8 Å². The van der Waals surface area contributed by atoms with Crippen molar-refractivity contribution in [3.8, 4) is 0 Å². The lowest BCUT2D eigenvalue weighted by molar-refractivity contribution is -0.136. The molecule has 5 heteroatoms. The predicted molar refractivity (Wildman–Crippen MR) is 95.0 cm³/mol. The van der Waals surface area contributed by atoms with E-state index in [1.165, 1.54) is 5.56 Å². The number of carbonyl (C=O) groups excluding carboxylic acids is 2. The van der Waals surface area contributed by atoms with Crippen molar-refractivity contribution in [2.75, 3.05) is 44.2 Å². The number of hydrogen-bond donors (Lipinski definition) is 0. The molecule has 3 rings (SSSR count). The van der Waals surface area contributed by atoms with Crippen LogP contribution in [0.3, 0.4) is 0 Å². The molecule has 0 radical (unpaired) electrons. The molecule has 0 aliphatic carbocycles. The van der Waals surface area contributed by atoms with E-state index in [-0.39, 0.29) is 17.7 Å². The summed E-state index contributed by atoms with van der Waals surface area (Å²) in [7, 11) is 0. The summed E-state index contributed by atoms with van der Waals surface area (Å²) in [5.41, 5.74) is 2.35. The van der Waals surface area contributed by atoms with Crippen molar-refractivity contribution < 1.29 is 9.59 Å². The first-order valence-corrected chi connectivity index (χ1v) is 8.95. The van der Waals surface area contributed by atoms with Crippen molar-refractivity contribution in [1.82, 2.24) is 9.80 Å². The molecule has 0 bridgehead atoms. The van der Waals surface area contributed by atoms with Crippen LogP contribution in [0.2, 0.25) is 0 Å². The van der Waals surface area contributed by atoms with E-state index in [4.69, 9.17) is 0 Å². The van der Waals surface area contributed by atoms with Crippen molar-refractivity contribution in [3.05, 3.63) is 29.8 Å². The second-order valence-electron chi connectivity index (χ2n) is 7.00. The Hall–Kier alpha value is -1.88. The Kier molecular flexibility index (Phi) is 5.19. The zero-order chi connectivity index (χ0) is 17.1. The van der Waals surface area contributed by atoms with E-state index >= 15 is 0 Å². The first-order chi connectivity index (χ1) is 11.6. The topological polar surface area (TPSA) is 43.9 Å². The number of carbonyl (C=O) groups is 2.